The number of carbonyl (C=O) groups excluding carboxylic acids is 3. The van der Waals surface area contributed by atoms with Crippen molar-refractivity contribution in [2.75, 3.05) is 12.4 Å². The van der Waals surface area contributed by atoms with Crippen molar-refractivity contribution in [2.45, 2.75) is 57.1 Å². The Labute approximate surface area is 222 Å². The van der Waals surface area contributed by atoms with E-state index in [2.05, 4.69) is 10.6 Å². The lowest BCUT2D eigenvalue weighted by molar-refractivity contribution is -0.147. The van der Waals surface area contributed by atoms with Crippen LogP contribution >= 0.6 is 11.8 Å². The summed E-state index contributed by atoms with van der Waals surface area (Å²) in [6, 6.07) is 12.1. The number of amides is 3. The Bertz CT molecular complexity index is 1150. The minimum Gasteiger partial charge on any atom is -0.508 e. The van der Waals surface area contributed by atoms with Crippen LogP contribution in [0.4, 0.5) is 0 Å². The van der Waals surface area contributed by atoms with Crippen molar-refractivity contribution in [3.05, 3.63) is 77.4 Å². The molecule has 0 saturated carbocycles. The lowest BCUT2D eigenvalue weighted by Crippen LogP contribution is -2.58. The average Bonchev–Trinajstić information content (AvgIpc) is 3.19. The highest BCUT2D eigenvalue weighted by Gasteiger charge is 2.49. The standard InChI is InChI=1S/C28H35N3O5S/c1-5-6-15-29-26(35)24-28(3,4)37-17-31(24)27(36)23(33)21(16-19-11-8-7-9-12-19)30-25(34)20-13-10-14-22(32)18(20)2/h5-14,21,23-24,32-33H,15-17H2,1-4H3,(H,29,35)(H,30,34)/b6-5+. The summed E-state index contributed by atoms with van der Waals surface area (Å²) in [6.45, 7) is 7.61. The summed E-state index contributed by atoms with van der Waals surface area (Å²) in [5, 5.41) is 27.0. The van der Waals surface area contributed by atoms with Crippen LogP contribution in [0, 0.1) is 6.92 Å². The molecule has 0 bridgehead atoms. The summed E-state index contributed by atoms with van der Waals surface area (Å²) in [6.07, 6.45) is 2.23. The van der Waals surface area contributed by atoms with E-state index < -0.39 is 34.7 Å². The predicted molar refractivity (Wildman–Crippen MR) is 145 cm³/mol. The molecule has 1 aliphatic heterocycles. The number of hydrogen-bond donors (Lipinski definition) is 4. The van der Waals surface area contributed by atoms with Crippen LogP contribution in [0.15, 0.2) is 60.7 Å². The number of aliphatic hydroxyl groups excluding tert-OH is 1. The second-order valence-corrected chi connectivity index (χ2v) is 11.2. The molecule has 37 heavy (non-hydrogen) atoms. The average molecular weight is 526 g/mol. The topological polar surface area (TPSA) is 119 Å². The molecule has 3 amide bonds. The molecule has 3 unspecified atom stereocenters. The summed E-state index contributed by atoms with van der Waals surface area (Å²) in [5.41, 5.74) is 1.47. The minimum atomic E-state index is -1.60. The number of phenols is 1. The van der Waals surface area contributed by atoms with Gasteiger partial charge in [0.05, 0.1) is 11.9 Å². The zero-order chi connectivity index (χ0) is 27.2. The molecule has 2 aromatic carbocycles. The smallest absolute Gasteiger partial charge is 0.254 e. The van der Waals surface area contributed by atoms with E-state index in [0.29, 0.717) is 12.1 Å². The first-order valence-corrected chi connectivity index (χ1v) is 13.2. The Balaban J connectivity index is 1.87. The molecule has 198 valence electrons. The Morgan fingerprint density at radius 2 is 1.86 bits per heavy atom. The molecule has 4 N–H and O–H groups in total. The summed E-state index contributed by atoms with van der Waals surface area (Å²) < 4.78 is -0.563. The Morgan fingerprint density at radius 1 is 1.16 bits per heavy atom. The molecule has 0 aromatic heterocycles. The number of benzene rings is 2. The van der Waals surface area contributed by atoms with E-state index in [9.17, 15) is 24.6 Å². The number of aromatic hydroxyl groups is 1. The van der Waals surface area contributed by atoms with Crippen LogP contribution in [0.1, 0.15) is 42.3 Å². The molecule has 3 rings (SSSR count). The molecule has 1 fully saturated rings. The van der Waals surface area contributed by atoms with Gasteiger partial charge in [0.1, 0.15) is 11.8 Å². The number of allylic oxidation sites excluding steroid dienone is 1. The number of nitrogens with zero attached hydrogens (tertiary/aromatic N) is 1. The molecular formula is C28H35N3O5S. The lowest BCUT2D eigenvalue weighted by atomic mass is 9.96. The SMILES string of the molecule is C/C=C/CNC(=O)C1N(C(=O)C(O)C(Cc2ccccc2)NC(=O)c2cccc(O)c2C)CSC1(C)C. The fourth-order valence-electron chi connectivity index (χ4n) is 4.35. The molecule has 1 heterocycles. The first-order chi connectivity index (χ1) is 17.6. The predicted octanol–water partition coefficient (Wildman–Crippen LogP) is 2.78. The maximum Gasteiger partial charge on any atom is 0.254 e. The number of nitrogens with one attached hydrogen (secondary N) is 2. The summed E-state index contributed by atoms with van der Waals surface area (Å²) in [5.74, 6) is -1.22. The number of carbonyl (C=O) groups is 3. The van der Waals surface area contributed by atoms with Crippen LogP contribution in [0.5, 0.6) is 5.75 Å². The largest absolute Gasteiger partial charge is 0.508 e. The molecule has 1 aliphatic rings. The fourth-order valence-corrected chi connectivity index (χ4v) is 5.49. The van der Waals surface area contributed by atoms with E-state index in [1.807, 2.05) is 63.3 Å². The van der Waals surface area contributed by atoms with E-state index in [1.54, 1.807) is 19.1 Å². The van der Waals surface area contributed by atoms with Crippen molar-refractivity contribution < 1.29 is 24.6 Å². The van der Waals surface area contributed by atoms with Crippen LogP contribution in [-0.2, 0) is 16.0 Å². The molecule has 0 aliphatic carbocycles. The van der Waals surface area contributed by atoms with Gasteiger partial charge in [-0.15, -0.1) is 11.8 Å². The van der Waals surface area contributed by atoms with Crippen molar-refractivity contribution in [3.63, 3.8) is 0 Å². The highest BCUT2D eigenvalue weighted by Crippen LogP contribution is 2.39. The first kappa shape index (κ1) is 28.3. The molecule has 0 radical (unpaired) electrons. The highest BCUT2D eigenvalue weighted by molar-refractivity contribution is 8.00. The molecule has 0 spiro atoms. The van der Waals surface area contributed by atoms with Crippen molar-refractivity contribution in [1.29, 1.82) is 0 Å². The van der Waals surface area contributed by atoms with Gasteiger partial charge in [-0.1, -0.05) is 48.6 Å². The number of rotatable bonds is 9. The summed E-state index contributed by atoms with van der Waals surface area (Å²) >= 11 is 1.46. The van der Waals surface area contributed by atoms with E-state index >= 15 is 0 Å². The third-order valence-electron chi connectivity index (χ3n) is 6.51. The third kappa shape index (κ3) is 6.72. The monoisotopic (exact) mass is 525 g/mol. The molecule has 8 nitrogen and oxygen atoms in total. The van der Waals surface area contributed by atoms with Gasteiger partial charge in [-0.3, -0.25) is 14.4 Å². The van der Waals surface area contributed by atoms with Crippen molar-refractivity contribution in [3.8, 4) is 5.75 Å². The zero-order valence-electron chi connectivity index (χ0n) is 21.6. The molecule has 9 heteroatoms. The normalized spacial score (nSPS) is 18.4. The van der Waals surface area contributed by atoms with Gasteiger partial charge in [0.25, 0.3) is 11.8 Å². The second kappa shape index (κ2) is 12.3. The van der Waals surface area contributed by atoms with Gasteiger partial charge < -0.3 is 25.7 Å². The van der Waals surface area contributed by atoms with Gasteiger partial charge in [0, 0.05) is 22.4 Å². The summed E-state index contributed by atoms with van der Waals surface area (Å²) in [4.78, 5) is 41.2. The number of hydrogen-bond acceptors (Lipinski definition) is 6. The molecule has 2 aromatic rings. The van der Waals surface area contributed by atoms with Gasteiger partial charge in [-0.2, -0.15) is 0 Å². The fraction of sp³-hybridized carbons (Fsp3) is 0.393. The van der Waals surface area contributed by atoms with Crippen molar-refractivity contribution >= 4 is 29.5 Å². The van der Waals surface area contributed by atoms with Gasteiger partial charge in [0.2, 0.25) is 5.91 Å². The third-order valence-corrected chi connectivity index (χ3v) is 7.88. The Kier molecular flexibility index (Phi) is 9.39. The quantitative estimate of drug-likeness (QED) is 0.374. The number of phenolic OH excluding ortho intramolecular Hbond substituents is 1. The maximum absolute atomic E-state index is 13.6. The van der Waals surface area contributed by atoms with Crippen LogP contribution in [-0.4, -0.2) is 68.2 Å². The highest BCUT2D eigenvalue weighted by atomic mass is 32.2. The van der Waals surface area contributed by atoms with E-state index in [0.717, 1.165) is 5.56 Å². The van der Waals surface area contributed by atoms with Crippen LogP contribution in [0.3, 0.4) is 0 Å². The number of aliphatic hydroxyl groups is 1. The van der Waals surface area contributed by atoms with Crippen LogP contribution in [0.2, 0.25) is 0 Å². The minimum absolute atomic E-state index is 0.0213. The summed E-state index contributed by atoms with van der Waals surface area (Å²) in [7, 11) is 0. The molecular weight excluding hydrogens is 490 g/mol. The zero-order valence-corrected chi connectivity index (χ0v) is 22.4. The second-order valence-electron chi connectivity index (χ2n) is 9.57. The maximum atomic E-state index is 13.6. The first-order valence-electron chi connectivity index (χ1n) is 12.2. The molecule has 1 saturated heterocycles. The number of thioether (sulfide) groups is 1. The van der Waals surface area contributed by atoms with Gasteiger partial charge in [-0.05, 0) is 51.8 Å². The van der Waals surface area contributed by atoms with Crippen molar-refractivity contribution in [1.82, 2.24) is 15.5 Å². The van der Waals surface area contributed by atoms with Gasteiger partial charge in [-0.25, -0.2) is 0 Å². The van der Waals surface area contributed by atoms with Crippen LogP contribution in [0.25, 0.3) is 0 Å². The van der Waals surface area contributed by atoms with E-state index in [1.165, 1.54) is 22.7 Å². The van der Waals surface area contributed by atoms with Crippen molar-refractivity contribution in [2.24, 2.45) is 0 Å². The van der Waals surface area contributed by atoms with Crippen LogP contribution < -0.4 is 10.6 Å². The van der Waals surface area contributed by atoms with E-state index in [4.69, 9.17) is 0 Å². The van der Waals surface area contributed by atoms with Gasteiger partial charge >= 0.3 is 0 Å². The Hall–Kier alpha value is -3.30. The van der Waals surface area contributed by atoms with E-state index in [-0.39, 0.29) is 29.5 Å². The molecule has 3 atom stereocenters. The Morgan fingerprint density at radius 3 is 2.54 bits per heavy atom. The van der Waals surface area contributed by atoms with Gasteiger partial charge in [0.15, 0.2) is 6.10 Å². The lowest BCUT2D eigenvalue weighted by Gasteiger charge is -2.33.